The van der Waals surface area contributed by atoms with Crippen molar-refractivity contribution in [3.63, 3.8) is 0 Å². The van der Waals surface area contributed by atoms with Crippen LogP contribution in [-0.2, 0) is 23.7 Å². The lowest BCUT2D eigenvalue weighted by atomic mass is 10.0. The Kier molecular flexibility index (Phi) is 3.04. The van der Waals surface area contributed by atoms with E-state index in [9.17, 15) is 0 Å². The van der Waals surface area contributed by atoms with E-state index in [2.05, 4.69) is 0 Å². The molecule has 0 aromatic rings. The summed E-state index contributed by atoms with van der Waals surface area (Å²) in [7, 11) is 4.91. The van der Waals surface area contributed by atoms with Crippen LogP contribution in [-0.4, -0.2) is 58.6 Å². The molecule has 2 aliphatic rings. The first-order chi connectivity index (χ1) is 6.81. The lowest BCUT2D eigenvalue weighted by Crippen LogP contribution is -2.56. The van der Waals surface area contributed by atoms with E-state index in [1.54, 1.807) is 21.3 Å². The van der Waals surface area contributed by atoms with Gasteiger partial charge in [0.1, 0.15) is 24.4 Å². The predicted octanol–water partition coefficient (Wildman–Crippen LogP) is -0.214. The van der Waals surface area contributed by atoms with E-state index in [0.29, 0.717) is 6.61 Å². The van der Waals surface area contributed by atoms with E-state index in [-0.39, 0.29) is 30.7 Å². The third-order valence-corrected chi connectivity index (χ3v) is 2.83. The smallest absolute Gasteiger partial charge is 0.187 e. The maximum Gasteiger partial charge on any atom is 0.187 e. The average molecular weight is 204 g/mol. The van der Waals surface area contributed by atoms with Crippen molar-refractivity contribution >= 4 is 0 Å². The Hall–Kier alpha value is -0.200. The summed E-state index contributed by atoms with van der Waals surface area (Å²) in [5, 5.41) is 0. The van der Waals surface area contributed by atoms with Crippen LogP contribution in [0.4, 0.5) is 0 Å². The van der Waals surface area contributed by atoms with Crippen LogP contribution in [0.15, 0.2) is 0 Å². The van der Waals surface area contributed by atoms with Crippen molar-refractivity contribution in [1.82, 2.24) is 0 Å². The number of rotatable bonds is 3. The van der Waals surface area contributed by atoms with Gasteiger partial charge in [-0.3, -0.25) is 0 Å². The second-order valence-electron chi connectivity index (χ2n) is 3.48. The van der Waals surface area contributed by atoms with E-state index in [1.165, 1.54) is 0 Å². The fourth-order valence-corrected chi connectivity index (χ4v) is 2.14. The molecule has 2 saturated heterocycles. The summed E-state index contributed by atoms with van der Waals surface area (Å²) in [6, 6.07) is 0. The van der Waals surface area contributed by atoms with Gasteiger partial charge in [-0.05, 0) is 0 Å². The Balaban J connectivity index is 2.16. The Morgan fingerprint density at radius 1 is 0.929 bits per heavy atom. The van der Waals surface area contributed by atoms with E-state index in [1.807, 2.05) is 0 Å². The molecule has 5 atom stereocenters. The summed E-state index contributed by atoms with van der Waals surface area (Å²) in [5.41, 5.74) is 0. The molecule has 5 unspecified atom stereocenters. The molecule has 0 saturated carbocycles. The van der Waals surface area contributed by atoms with Crippen molar-refractivity contribution in [2.24, 2.45) is 0 Å². The Bertz CT molecular complexity index is 180. The number of fused-ring (bicyclic) bond motifs is 2. The monoisotopic (exact) mass is 204 g/mol. The van der Waals surface area contributed by atoms with Gasteiger partial charge in [0.05, 0.1) is 6.61 Å². The Labute approximate surface area is 83.2 Å². The molecule has 2 heterocycles. The largest absolute Gasteiger partial charge is 0.376 e. The van der Waals surface area contributed by atoms with Gasteiger partial charge in [0.2, 0.25) is 0 Å². The maximum atomic E-state index is 5.58. The molecule has 0 N–H and O–H groups in total. The molecule has 5 nitrogen and oxygen atoms in total. The van der Waals surface area contributed by atoms with Crippen molar-refractivity contribution in [2.45, 2.75) is 30.7 Å². The third-order valence-electron chi connectivity index (χ3n) is 2.83. The molecule has 0 aromatic heterocycles. The van der Waals surface area contributed by atoms with E-state index >= 15 is 0 Å². The highest BCUT2D eigenvalue weighted by Crippen LogP contribution is 2.32. The van der Waals surface area contributed by atoms with Crippen LogP contribution in [0, 0.1) is 0 Å². The van der Waals surface area contributed by atoms with Gasteiger partial charge >= 0.3 is 0 Å². The standard InChI is InChI=1S/C9H16O5/c1-10-6-5-4-13-9(14-5)8(12-3)7(6)11-2/h5-9H,4H2,1-3H3. The SMILES string of the molecule is COC1C2COC(O2)C(OC)C1OC. The molecular formula is C9H16O5. The fraction of sp³-hybridized carbons (Fsp3) is 1.00. The summed E-state index contributed by atoms with van der Waals surface area (Å²) in [6.45, 7) is 0.545. The third kappa shape index (κ3) is 1.45. The summed E-state index contributed by atoms with van der Waals surface area (Å²) in [6.07, 6.45) is -0.827. The summed E-state index contributed by atoms with van der Waals surface area (Å²) < 4.78 is 27.0. The Morgan fingerprint density at radius 2 is 1.57 bits per heavy atom. The highest BCUT2D eigenvalue weighted by atomic mass is 16.8. The number of methoxy groups -OCH3 is 3. The summed E-state index contributed by atoms with van der Waals surface area (Å²) in [5.74, 6) is 0. The minimum Gasteiger partial charge on any atom is -0.376 e. The van der Waals surface area contributed by atoms with Crippen molar-refractivity contribution in [2.75, 3.05) is 27.9 Å². The number of ether oxygens (including phenoxy) is 5. The predicted molar refractivity (Wildman–Crippen MR) is 47.0 cm³/mol. The highest BCUT2D eigenvalue weighted by molar-refractivity contribution is 4.95. The van der Waals surface area contributed by atoms with Gasteiger partial charge in [-0.1, -0.05) is 0 Å². The molecule has 2 bridgehead atoms. The van der Waals surface area contributed by atoms with Crippen molar-refractivity contribution in [3.05, 3.63) is 0 Å². The van der Waals surface area contributed by atoms with Crippen molar-refractivity contribution in [3.8, 4) is 0 Å². The van der Waals surface area contributed by atoms with Gasteiger partial charge in [-0.25, -0.2) is 0 Å². The molecule has 5 heteroatoms. The summed E-state index contributed by atoms with van der Waals surface area (Å²) in [4.78, 5) is 0. The fourth-order valence-electron chi connectivity index (χ4n) is 2.14. The molecule has 82 valence electrons. The number of hydrogen-bond acceptors (Lipinski definition) is 5. The molecule has 0 spiro atoms. The first-order valence-electron chi connectivity index (χ1n) is 4.67. The zero-order valence-corrected chi connectivity index (χ0v) is 8.64. The zero-order valence-electron chi connectivity index (χ0n) is 8.64. The lowest BCUT2D eigenvalue weighted by molar-refractivity contribution is -0.246. The second-order valence-corrected chi connectivity index (χ2v) is 3.48. The lowest BCUT2D eigenvalue weighted by Gasteiger charge is -2.38. The number of hydrogen-bond donors (Lipinski definition) is 0. The van der Waals surface area contributed by atoms with Gasteiger partial charge in [0.15, 0.2) is 6.29 Å². The van der Waals surface area contributed by atoms with Gasteiger partial charge < -0.3 is 23.7 Å². The van der Waals surface area contributed by atoms with Crippen LogP contribution in [0.5, 0.6) is 0 Å². The van der Waals surface area contributed by atoms with Gasteiger partial charge in [0.25, 0.3) is 0 Å². The van der Waals surface area contributed by atoms with Crippen LogP contribution in [0.25, 0.3) is 0 Å². The topological polar surface area (TPSA) is 46.2 Å². The van der Waals surface area contributed by atoms with Crippen LogP contribution < -0.4 is 0 Å². The van der Waals surface area contributed by atoms with E-state index in [4.69, 9.17) is 23.7 Å². The first kappa shape index (κ1) is 10.3. The molecule has 2 rings (SSSR count). The Morgan fingerprint density at radius 3 is 2.14 bits per heavy atom. The molecule has 2 fully saturated rings. The van der Waals surface area contributed by atoms with Crippen LogP contribution in [0.3, 0.4) is 0 Å². The maximum absolute atomic E-state index is 5.58. The van der Waals surface area contributed by atoms with E-state index < -0.39 is 0 Å². The van der Waals surface area contributed by atoms with Gasteiger partial charge in [-0.2, -0.15) is 0 Å². The van der Waals surface area contributed by atoms with Gasteiger partial charge in [0, 0.05) is 21.3 Å². The molecule has 14 heavy (non-hydrogen) atoms. The van der Waals surface area contributed by atoms with E-state index in [0.717, 1.165) is 0 Å². The zero-order chi connectivity index (χ0) is 10.1. The van der Waals surface area contributed by atoms with Crippen molar-refractivity contribution in [1.29, 1.82) is 0 Å². The molecule has 2 aliphatic heterocycles. The van der Waals surface area contributed by atoms with Crippen LogP contribution in [0.2, 0.25) is 0 Å². The normalized spacial score (nSPS) is 46.9. The second kappa shape index (κ2) is 4.12. The highest BCUT2D eigenvalue weighted by Gasteiger charge is 2.51. The van der Waals surface area contributed by atoms with Crippen LogP contribution >= 0.6 is 0 Å². The summed E-state index contributed by atoms with van der Waals surface area (Å²) >= 11 is 0. The van der Waals surface area contributed by atoms with Crippen molar-refractivity contribution < 1.29 is 23.7 Å². The first-order valence-corrected chi connectivity index (χ1v) is 4.67. The molecule has 0 aromatic carbocycles. The van der Waals surface area contributed by atoms with Crippen LogP contribution in [0.1, 0.15) is 0 Å². The molecule has 0 radical (unpaired) electrons. The van der Waals surface area contributed by atoms with Gasteiger partial charge in [-0.15, -0.1) is 0 Å². The minimum atomic E-state index is -0.318. The molecular weight excluding hydrogens is 188 g/mol. The average Bonchev–Trinajstić information content (AvgIpc) is 2.63. The quantitative estimate of drug-likeness (QED) is 0.636. The molecule has 0 amide bonds. The molecule has 0 aliphatic carbocycles. The minimum absolute atomic E-state index is 0.0404.